The van der Waals surface area contributed by atoms with E-state index in [1.54, 1.807) is 26.0 Å². The van der Waals surface area contributed by atoms with Gasteiger partial charge in [-0.25, -0.2) is 4.79 Å². The van der Waals surface area contributed by atoms with E-state index in [1.165, 1.54) is 26.1 Å². The number of aliphatic hydroxyl groups excluding tert-OH is 1. The minimum absolute atomic E-state index is 0.00443. The number of hydrogen-bond acceptors (Lipinski definition) is 13. The number of esters is 1. The molecule has 0 saturated carbocycles. The predicted octanol–water partition coefficient (Wildman–Crippen LogP) is 1.50. The van der Waals surface area contributed by atoms with E-state index in [9.17, 15) is 58.5 Å². The van der Waals surface area contributed by atoms with Gasteiger partial charge in [-0.05, 0) is 94.4 Å². The average Bonchev–Trinajstić information content (AvgIpc) is 3.29. The quantitative estimate of drug-likeness (QED) is 0.0623. The molecule has 392 valence electrons. The van der Waals surface area contributed by atoms with Gasteiger partial charge in [-0.2, -0.15) is 0 Å². The van der Waals surface area contributed by atoms with Crippen LogP contribution >= 0.6 is 0 Å². The average molecular weight is 987 g/mol. The highest BCUT2D eigenvalue weighted by Crippen LogP contribution is 2.27. The number of aliphatic carboxylic acids is 1. The lowest BCUT2D eigenvalue weighted by molar-refractivity contribution is -0.166. The van der Waals surface area contributed by atoms with Crippen molar-refractivity contribution >= 4 is 53.3 Å². The molecule has 2 bridgehead atoms. The van der Waals surface area contributed by atoms with Crippen molar-refractivity contribution in [2.24, 2.45) is 17.6 Å². The van der Waals surface area contributed by atoms with Crippen LogP contribution in [0.25, 0.3) is 0 Å². The number of ether oxygens (including phenoxy) is 1. The normalized spacial score (nSPS) is 24.7. The Morgan fingerprint density at radius 1 is 0.843 bits per heavy atom. The molecule has 1 aromatic carbocycles. The number of rotatable bonds is 21. The predicted molar refractivity (Wildman–Crippen MR) is 257 cm³/mol. The SMILES string of the molecule is CCCCCCCC(=O)N[C@H](CCC(=O)O)C(=O)N[C@@H]1C(=O)N[C@@H](CCCCN)C(=O)N[C@H]2CC[C@@H](O)N(C2=O)[C@@H](CC(C)C)C(=O)N(C)C(Cc2ccc(O)cc2)C(=O)N[C@@H](C(C)C)C(=O)O[C@H]1C. The van der Waals surface area contributed by atoms with E-state index >= 15 is 0 Å². The van der Waals surface area contributed by atoms with Crippen molar-refractivity contribution < 1.29 is 63.2 Å². The number of cyclic esters (lactones) is 1. The van der Waals surface area contributed by atoms with Crippen LogP contribution in [0.15, 0.2) is 24.3 Å². The molecule has 21 heteroatoms. The number of carboxylic acid groups (broad SMARTS) is 1. The van der Waals surface area contributed by atoms with Crippen LogP contribution in [0.5, 0.6) is 5.75 Å². The van der Waals surface area contributed by atoms with Gasteiger partial charge in [-0.15, -0.1) is 0 Å². The number of likely N-dealkylation sites (N-methyl/N-ethyl adjacent to an activating group) is 1. The zero-order valence-electron chi connectivity index (χ0n) is 41.9. The number of unbranched alkanes of at least 4 members (excludes halogenated alkanes) is 5. The second-order valence-corrected chi connectivity index (χ2v) is 19.3. The first kappa shape index (κ1) is 58.5. The molecule has 9 atom stereocenters. The first-order valence-corrected chi connectivity index (χ1v) is 24.8. The van der Waals surface area contributed by atoms with Crippen molar-refractivity contribution in [1.29, 1.82) is 0 Å². The van der Waals surface area contributed by atoms with Gasteiger partial charge in [0.2, 0.25) is 41.4 Å². The number of benzene rings is 1. The molecule has 10 N–H and O–H groups in total. The summed E-state index contributed by atoms with van der Waals surface area (Å²) < 4.78 is 5.87. The number of piperidine rings is 1. The summed E-state index contributed by atoms with van der Waals surface area (Å²) in [7, 11) is 1.36. The Morgan fingerprint density at radius 2 is 1.51 bits per heavy atom. The minimum Gasteiger partial charge on any atom is -0.508 e. The van der Waals surface area contributed by atoms with Gasteiger partial charge in [0.25, 0.3) is 0 Å². The summed E-state index contributed by atoms with van der Waals surface area (Å²) in [4.78, 5) is 128. The van der Waals surface area contributed by atoms with Gasteiger partial charge in [-0.1, -0.05) is 72.4 Å². The molecule has 7 amide bonds. The fourth-order valence-electron chi connectivity index (χ4n) is 8.54. The number of fused-ring (bicyclic) bond motifs is 2. The Kier molecular flexibility index (Phi) is 24.0. The molecular formula is C49H78N8O13. The number of nitrogens with two attached hydrogens (primary N) is 1. The number of carbonyl (C=O) groups is 9. The standard InChI is InChI=1S/C49H78N8O13/c1-8-9-10-11-12-16-38(59)51-34(22-24-40(61)62)44(64)55-42-30(6)70-49(69)41(29(4)5)54-45(65)36(27-31-17-19-32(58)20-18-31)56(7)48(68)37(26-28(2)3)57-39(60)23-21-35(47(57)67)53-43(63)33(52-46(42)66)15-13-14-25-50/h17-20,28-30,33-37,39,41-42,58,60H,8-16,21-27,50H2,1-7H3,(H,51,59)(H,52,66)(H,53,63)(H,54,65)(H,55,64)(H,61,62)/t30-,33-,34+,35-,36?,37-,39+,41-,42-/m0/s1. The minimum atomic E-state index is -1.78. The van der Waals surface area contributed by atoms with E-state index in [0.717, 1.165) is 35.5 Å². The third-order valence-corrected chi connectivity index (χ3v) is 12.7. The summed E-state index contributed by atoms with van der Waals surface area (Å²) in [5.41, 5.74) is 6.28. The summed E-state index contributed by atoms with van der Waals surface area (Å²) >= 11 is 0. The Balaban J connectivity index is 2.19. The first-order chi connectivity index (χ1) is 33.1. The Morgan fingerprint density at radius 3 is 2.13 bits per heavy atom. The molecule has 2 aliphatic heterocycles. The highest BCUT2D eigenvalue weighted by molar-refractivity contribution is 5.98. The topological polar surface area (TPSA) is 316 Å². The van der Waals surface area contributed by atoms with Gasteiger partial charge in [0, 0.05) is 26.3 Å². The Bertz CT molecular complexity index is 1950. The molecule has 2 aliphatic rings. The van der Waals surface area contributed by atoms with E-state index in [-0.39, 0.29) is 63.2 Å². The molecule has 21 nitrogen and oxygen atoms in total. The molecule has 2 heterocycles. The first-order valence-electron chi connectivity index (χ1n) is 24.8. The lowest BCUT2D eigenvalue weighted by atomic mass is 9.94. The molecular weight excluding hydrogens is 909 g/mol. The zero-order chi connectivity index (χ0) is 52.2. The van der Waals surface area contributed by atoms with E-state index in [2.05, 4.69) is 26.6 Å². The molecule has 3 rings (SSSR count). The third-order valence-electron chi connectivity index (χ3n) is 12.7. The zero-order valence-corrected chi connectivity index (χ0v) is 41.9. The fraction of sp³-hybridized carbons (Fsp3) is 0.694. The van der Waals surface area contributed by atoms with Crippen molar-refractivity contribution in [1.82, 2.24) is 36.4 Å². The number of carboxylic acids is 1. The van der Waals surface area contributed by atoms with Gasteiger partial charge in [0.15, 0.2) is 0 Å². The van der Waals surface area contributed by atoms with Crippen molar-refractivity contribution in [3.05, 3.63) is 29.8 Å². The van der Waals surface area contributed by atoms with E-state index in [0.29, 0.717) is 24.8 Å². The molecule has 0 spiro atoms. The molecule has 2 fully saturated rings. The number of nitrogens with zero attached hydrogens (tertiary/aromatic N) is 2. The molecule has 0 aromatic heterocycles. The fourth-order valence-corrected chi connectivity index (χ4v) is 8.54. The summed E-state index contributed by atoms with van der Waals surface area (Å²) in [6.07, 6.45) is 0.890. The Labute approximate surface area is 411 Å². The lowest BCUT2D eigenvalue weighted by Crippen LogP contribution is -2.65. The van der Waals surface area contributed by atoms with Crippen molar-refractivity contribution in [2.75, 3.05) is 13.6 Å². The lowest BCUT2D eigenvalue weighted by Gasteiger charge is -2.43. The van der Waals surface area contributed by atoms with Crippen LogP contribution in [0, 0.1) is 11.8 Å². The summed E-state index contributed by atoms with van der Waals surface area (Å²) in [6.45, 7) is 10.5. The van der Waals surface area contributed by atoms with Gasteiger partial charge in [0.1, 0.15) is 60.4 Å². The smallest absolute Gasteiger partial charge is 0.329 e. The van der Waals surface area contributed by atoms with Crippen LogP contribution < -0.4 is 32.3 Å². The largest absolute Gasteiger partial charge is 0.508 e. The van der Waals surface area contributed by atoms with Crippen LogP contribution in [0.3, 0.4) is 0 Å². The van der Waals surface area contributed by atoms with Crippen LogP contribution in [-0.2, 0) is 54.3 Å². The summed E-state index contributed by atoms with van der Waals surface area (Å²) in [6, 6.07) is -4.06. The molecule has 0 aliphatic carbocycles. The van der Waals surface area contributed by atoms with Crippen LogP contribution in [0.1, 0.15) is 137 Å². The molecule has 0 radical (unpaired) electrons. The van der Waals surface area contributed by atoms with Gasteiger partial charge in [-0.3, -0.25) is 38.4 Å². The van der Waals surface area contributed by atoms with Crippen molar-refractivity contribution in [2.45, 2.75) is 192 Å². The summed E-state index contributed by atoms with van der Waals surface area (Å²) in [5, 5.41) is 44.1. The van der Waals surface area contributed by atoms with E-state index in [4.69, 9.17) is 10.5 Å². The molecule has 2 saturated heterocycles. The molecule has 1 aromatic rings. The van der Waals surface area contributed by atoms with E-state index < -0.39 is 120 Å². The number of aliphatic hydroxyl groups is 1. The second kappa shape index (κ2) is 28.7. The number of hydrogen-bond donors (Lipinski definition) is 9. The van der Waals surface area contributed by atoms with E-state index in [1.807, 2.05) is 20.8 Å². The number of aromatic hydroxyl groups is 1. The number of nitrogens with one attached hydrogen (secondary N) is 5. The maximum atomic E-state index is 14.8. The molecule has 70 heavy (non-hydrogen) atoms. The Hall–Kier alpha value is -5.83. The van der Waals surface area contributed by atoms with Crippen LogP contribution in [0.2, 0.25) is 0 Å². The van der Waals surface area contributed by atoms with Gasteiger partial charge in [0.05, 0.1) is 0 Å². The van der Waals surface area contributed by atoms with Gasteiger partial charge < -0.3 is 62.2 Å². The highest BCUT2D eigenvalue weighted by Gasteiger charge is 2.46. The monoisotopic (exact) mass is 987 g/mol. The number of amides is 7. The number of phenols is 1. The highest BCUT2D eigenvalue weighted by atomic mass is 16.5. The maximum Gasteiger partial charge on any atom is 0.329 e. The van der Waals surface area contributed by atoms with Gasteiger partial charge >= 0.3 is 11.9 Å². The second-order valence-electron chi connectivity index (χ2n) is 19.3. The number of phenolic OH excluding ortho intramolecular Hbond substituents is 1. The number of carbonyl (C=O) groups excluding carboxylic acids is 8. The van der Waals surface area contributed by atoms with Crippen LogP contribution in [0.4, 0.5) is 0 Å². The van der Waals surface area contributed by atoms with Crippen LogP contribution in [-0.4, -0.2) is 147 Å². The maximum absolute atomic E-state index is 14.8. The third kappa shape index (κ3) is 17.8. The van der Waals surface area contributed by atoms with Crippen molar-refractivity contribution in [3.8, 4) is 5.75 Å². The van der Waals surface area contributed by atoms with Crippen molar-refractivity contribution in [3.63, 3.8) is 0 Å². The summed E-state index contributed by atoms with van der Waals surface area (Å²) in [5.74, 6) is -8.87. The molecule has 1 unspecified atom stereocenters.